The molecule has 2 atom stereocenters. The average molecular weight is 565 g/mol. The number of hydrogen-bond donors (Lipinski definition) is 2. The van der Waals surface area contributed by atoms with Crippen molar-refractivity contribution < 1.29 is 9.53 Å². The second-order valence-corrected chi connectivity index (χ2v) is 12.2. The molecular weight excluding hydrogens is 524 g/mol. The van der Waals surface area contributed by atoms with E-state index in [0.29, 0.717) is 29.3 Å². The molecule has 1 amide bonds. The van der Waals surface area contributed by atoms with Crippen LogP contribution in [0.2, 0.25) is 0 Å². The van der Waals surface area contributed by atoms with Crippen LogP contribution >= 0.6 is 0 Å². The molecule has 8 heteroatoms. The maximum absolute atomic E-state index is 13.1. The van der Waals surface area contributed by atoms with E-state index >= 15 is 0 Å². The van der Waals surface area contributed by atoms with Crippen LogP contribution in [0.4, 0.5) is 17.3 Å². The fraction of sp³-hybridized carbons (Fsp3) is 0.353. The van der Waals surface area contributed by atoms with E-state index in [1.807, 2.05) is 49.4 Å². The van der Waals surface area contributed by atoms with Gasteiger partial charge >= 0.3 is 0 Å². The van der Waals surface area contributed by atoms with Crippen LogP contribution < -0.4 is 16.0 Å². The van der Waals surface area contributed by atoms with Gasteiger partial charge in [-0.3, -0.25) is 4.79 Å². The summed E-state index contributed by atoms with van der Waals surface area (Å²) in [6, 6.07) is 21.9. The number of anilines is 3. The maximum Gasteiger partial charge on any atom is 0.255 e. The normalized spacial score (nSPS) is 17.2. The molecule has 0 saturated carbocycles. The van der Waals surface area contributed by atoms with Gasteiger partial charge in [-0.2, -0.15) is 9.97 Å². The van der Waals surface area contributed by atoms with Crippen molar-refractivity contribution in [2.75, 3.05) is 29.0 Å². The molecular formula is C34H40N6O2. The summed E-state index contributed by atoms with van der Waals surface area (Å²) >= 11 is 0. The van der Waals surface area contributed by atoms with Crippen molar-refractivity contribution >= 4 is 23.2 Å². The van der Waals surface area contributed by atoms with Gasteiger partial charge in [0.25, 0.3) is 5.91 Å². The first kappa shape index (κ1) is 29.2. The van der Waals surface area contributed by atoms with Crippen LogP contribution in [0.1, 0.15) is 67.5 Å². The number of nitrogen functional groups attached to an aromatic ring is 1. The van der Waals surface area contributed by atoms with Crippen molar-refractivity contribution in [2.24, 2.45) is 0 Å². The largest absolute Gasteiger partial charge is 0.372 e. The van der Waals surface area contributed by atoms with Gasteiger partial charge < -0.3 is 20.7 Å². The topological polar surface area (TPSA) is 106 Å². The number of nitrogens with two attached hydrogens (primary N) is 1. The van der Waals surface area contributed by atoms with Crippen LogP contribution in [-0.2, 0) is 16.6 Å². The summed E-state index contributed by atoms with van der Waals surface area (Å²) < 4.78 is 5.87. The molecule has 0 radical (unpaired) electrons. The highest BCUT2D eigenvalue weighted by Crippen LogP contribution is 2.28. The summed E-state index contributed by atoms with van der Waals surface area (Å²) in [5.41, 5.74) is 12.5. The molecule has 42 heavy (non-hydrogen) atoms. The molecule has 0 spiro atoms. The molecule has 1 aromatic heterocycles. The minimum absolute atomic E-state index is 0.0230. The van der Waals surface area contributed by atoms with Crippen LogP contribution in [0.3, 0.4) is 0 Å². The molecule has 3 aromatic carbocycles. The van der Waals surface area contributed by atoms with E-state index in [2.05, 4.69) is 79.1 Å². The molecule has 1 saturated heterocycles. The Kier molecular flexibility index (Phi) is 8.27. The molecule has 218 valence electrons. The summed E-state index contributed by atoms with van der Waals surface area (Å²) in [6.45, 7) is 14.4. The summed E-state index contributed by atoms with van der Waals surface area (Å²) in [5.74, 6) is 1.06. The Morgan fingerprint density at radius 2 is 1.62 bits per heavy atom. The SMILES string of the molecule is Cc1c(NC(=O)c2ccc(C(C)(C)C)cc2)cccc1-c1nc(N)nc(Cc2ccc(N3C[C@@H](C)O[C@@H](C)C3)cc2)n1. The summed E-state index contributed by atoms with van der Waals surface area (Å²) in [6.07, 6.45) is 0.932. The van der Waals surface area contributed by atoms with Crippen LogP contribution in [0.25, 0.3) is 11.4 Å². The fourth-order valence-corrected chi connectivity index (χ4v) is 5.36. The van der Waals surface area contributed by atoms with Crippen molar-refractivity contribution in [3.63, 3.8) is 0 Å². The zero-order chi connectivity index (χ0) is 30.0. The number of carbonyl (C=O) groups is 1. The second kappa shape index (κ2) is 11.9. The molecule has 0 aliphatic carbocycles. The van der Waals surface area contributed by atoms with Gasteiger partial charge in [0.05, 0.1) is 12.2 Å². The summed E-state index contributed by atoms with van der Waals surface area (Å²) in [4.78, 5) is 29.0. The number of aromatic nitrogens is 3. The van der Waals surface area contributed by atoms with Crippen molar-refractivity contribution in [2.45, 2.75) is 65.6 Å². The summed E-state index contributed by atoms with van der Waals surface area (Å²) in [5, 5.41) is 3.05. The van der Waals surface area contributed by atoms with Crippen LogP contribution in [0.15, 0.2) is 66.7 Å². The minimum Gasteiger partial charge on any atom is -0.372 e. The van der Waals surface area contributed by atoms with Gasteiger partial charge in [-0.1, -0.05) is 57.2 Å². The van der Waals surface area contributed by atoms with Gasteiger partial charge in [0, 0.05) is 42.0 Å². The zero-order valence-corrected chi connectivity index (χ0v) is 25.3. The predicted octanol–water partition coefficient (Wildman–Crippen LogP) is 6.18. The Morgan fingerprint density at radius 3 is 2.26 bits per heavy atom. The lowest BCUT2D eigenvalue weighted by atomic mass is 9.86. The molecule has 0 bridgehead atoms. The van der Waals surface area contributed by atoms with E-state index < -0.39 is 0 Å². The molecule has 3 N–H and O–H groups in total. The molecule has 8 nitrogen and oxygen atoms in total. The minimum atomic E-state index is -0.170. The van der Waals surface area contributed by atoms with E-state index in [4.69, 9.17) is 15.5 Å². The van der Waals surface area contributed by atoms with E-state index in [-0.39, 0.29) is 29.5 Å². The van der Waals surface area contributed by atoms with E-state index in [9.17, 15) is 4.79 Å². The van der Waals surface area contributed by atoms with Crippen molar-refractivity contribution in [1.29, 1.82) is 0 Å². The van der Waals surface area contributed by atoms with Gasteiger partial charge in [-0.15, -0.1) is 0 Å². The van der Waals surface area contributed by atoms with E-state index in [0.717, 1.165) is 29.8 Å². The van der Waals surface area contributed by atoms with Crippen LogP contribution in [0, 0.1) is 6.92 Å². The highest BCUT2D eigenvalue weighted by atomic mass is 16.5. The van der Waals surface area contributed by atoms with Crippen LogP contribution in [0.5, 0.6) is 0 Å². The number of benzene rings is 3. The first-order valence-corrected chi connectivity index (χ1v) is 14.5. The lowest BCUT2D eigenvalue weighted by Crippen LogP contribution is -2.45. The Balaban J connectivity index is 1.32. The number of ether oxygens (including phenoxy) is 1. The molecule has 1 fully saturated rings. The number of morpholine rings is 1. The highest BCUT2D eigenvalue weighted by molar-refractivity contribution is 6.05. The number of nitrogens with one attached hydrogen (secondary N) is 1. The molecule has 0 unspecified atom stereocenters. The number of rotatable bonds is 6. The van der Waals surface area contributed by atoms with Gasteiger partial charge in [0.15, 0.2) is 5.82 Å². The Hall–Kier alpha value is -4.30. The first-order chi connectivity index (χ1) is 20.0. The average Bonchev–Trinajstić information content (AvgIpc) is 2.93. The standard InChI is InChI=1S/C34H40N6O2/c1-21-19-40(20-22(2)42-21)27-16-10-24(11-17-27)18-30-37-31(39-33(35)38-30)28-8-7-9-29(23(28)3)36-32(41)25-12-14-26(15-13-25)34(4,5)6/h7-17,21-22H,18-20H2,1-6H3,(H,36,41)(H2,35,37,38,39)/t21-,22+. The predicted molar refractivity (Wildman–Crippen MR) is 169 cm³/mol. The number of hydrogen-bond acceptors (Lipinski definition) is 7. The monoisotopic (exact) mass is 564 g/mol. The molecule has 5 rings (SSSR count). The van der Waals surface area contributed by atoms with Gasteiger partial charge in [-0.25, -0.2) is 4.98 Å². The van der Waals surface area contributed by atoms with Crippen molar-refractivity contribution in [3.05, 3.63) is 94.8 Å². The summed E-state index contributed by atoms with van der Waals surface area (Å²) in [7, 11) is 0. The number of nitrogens with zero attached hydrogens (tertiary/aromatic N) is 4. The maximum atomic E-state index is 13.1. The Morgan fingerprint density at radius 1 is 0.952 bits per heavy atom. The molecule has 4 aromatic rings. The van der Waals surface area contributed by atoms with Gasteiger partial charge in [0.2, 0.25) is 5.95 Å². The lowest BCUT2D eigenvalue weighted by molar-refractivity contribution is -0.00521. The Bertz CT molecular complexity index is 1550. The third-order valence-electron chi connectivity index (χ3n) is 7.62. The van der Waals surface area contributed by atoms with Crippen molar-refractivity contribution in [3.8, 4) is 11.4 Å². The smallest absolute Gasteiger partial charge is 0.255 e. The first-order valence-electron chi connectivity index (χ1n) is 14.5. The lowest BCUT2D eigenvalue weighted by Gasteiger charge is -2.36. The third-order valence-corrected chi connectivity index (χ3v) is 7.62. The number of carbonyl (C=O) groups excluding carboxylic acids is 1. The fourth-order valence-electron chi connectivity index (χ4n) is 5.36. The van der Waals surface area contributed by atoms with Gasteiger partial charge in [-0.05, 0) is 73.2 Å². The quantitative estimate of drug-likeness (QED) is 0.288. The van der Waals surface area contributed by atoms with Gasteiger partial charge in [0.1, 0.15) is 5.82 Å². The Labute approximate surface area is 248 Å². The van der Waals surface area contributed by atoms with E-state index in [1.165, 1.54) is 11.3 Å². The van der Waals surface area contributed by atoms with Crippen molar-refractivity contribution in [1.82, 2.24) is 15.0 Å². The molecule has 1 aliphatic heterocycles. The zero-order valence-electron chi connectivity index (χ0n) is 25.3. The highest BCUT2D eigenvalue weighted by Gasteiger charge is 2.22. The number of amides is 1. The molecule has 1 aliphatic rings. The third kappa shape index (κ3) is 6.77. The molecule has 2 heterocycles. The second-order valence-electron chi connectivity index (χ2n) is 12.2. The van der Waals surface area contributed by atoms with E-state index in [1.54, 1.807) is 0 Å². The van der Waals surface area contributed by atoms with Crippen LogP contribution in [-0.4, -0.2) is 46.2 Å².